The van der Waals surface area contributed by atoms with Gasteiger partial charge in [0.1, 0.15) is 6.04 Å². The summed E-state index contributed by atoms with van der Waals surface area (Å²) in [5, 5.41) is 0. The summed E-state index contributed by atoms with van der Waals surface area (Å²) in [5.41, 5.74) is 0.260. The topological polar surface area (TPSA) is 92.5 Å². The molecule has 122 valence electrons. The molecule has 9 heteroatoms. The number of aryl methyl sites for hydroxylation is 3. The zero-order chi connectivity index (χ0) is 17.0. The molecule has 3 heterocycles. The van der Waals surface area contributed by atoms with E-state index >= 15 is 0 Å². The van der Waals surface area contributed by atoms with E-state index in [1.54, 1.807) is 10.6 Å². The van der Waals surface area contributed by atoms with Gasteiger partial charge in [-0.2, -0.15) is 4.98 Å². The third kappa shape index (κ3) is 1.85. The molecular formula is C14H17N5O4. The molecule has 0 fully saturated rings. The van der Waals surface area contributed by atoms with Crippen LogP contribution in [-0.2, 0) is 23.6 Å². The fraction of sp³-hybridized carbons (Fsp3) is 0.429. The highest BCUT2D eigenvalue weighted by Gasteiger charge is 2.25. The summed E-state index contributed by atoms with van der Waals surface area (Å²) in [6, 6.07) is -1.02. The van der Waals surface area contributed by atoms with Crippen molar-refractivity contribution in [1.29, 1.82) is 0 Å². The number of ether oxygens (including phenoxy) is 1. The molecule has 9 nitrogen and oxygen atoms in total. The Morgan fingerprint density at radius 1 is 1.26 bits per heavy atom. The van der Waals surface area contributed by atoms with Gasteiger partial charge in [0, 0.05) is 26.0 Å². The van der Waals surface area contributed by atoms with Crippen molar-refractivity contribution in [3.63, 3.8) is 0 Å². The first-order valence-corrected chi connectivity index (χ1v) is 7.03. The molecule has 0 aliphatic carbocycles. The molecule has 23 heavy (non-hydrogen) atoms. The minimum Gasteiger partial charge on any atom is -0.467 e. The van der Waals surface area contributed by atoms with Crippen LogP contribution < -0.4 is 11.2 Å². The van der Waals surface area contributed by atoms with Gasteiger partial charge in [-0.3, -0.25) is 13.8 Å². The van der Waals surface area contributed by atoms with E-state index in [4.69, 9.17) is 0 Å². The van der Waals surface area contributed by atoms with Gasteiger partial charge in [0.15, 0.2) is 11.2 Å². The number of nitrogens with zero attached hydrogens (tertiary/aromatic N) is 5. The number of imidazole rings is 2. The number of aromatic nitrogens is 5. The summed E-state index contributed by atoms with van der Waals surface area (Å²) in [7, 11) is 4.55. The number of methoxy groups -OCH3 is 1. The van der Waals surface area contributed by atoms with Gasteiger partial charge in [-0.1, -0.05) is 0 Å². The Kier molecular flexibility index (Phi) is 3.17. The van der Waals surface area contributed by atoms with Gasteiger partial charge in [0.25, 0.3) is 5.56 Å². The number of rotatable bonds is 2. The normalized spacial score (nSPS) is 12.9. The van der Waals surface area contributed by atoms with Crippen molar-refractivity contribution in [3.8, 4) is 0 Å². The number of hydrogen-bond donors (Lipinski definition) is 0. The van der Waals surface area contributed by atoms with Crippen LogP contribution in [0, 0.1) is 6.92 Å². The lowest BCUT2D eigenvalue weighted by Gasteiger charge is -2.13. The largest absolute Gasteiger partial charge is 0.467 e. The number of carbonyl (C=O) groups is 1. The second-order valence-corrected chi connectivity index (χ2v) is 5.50. The summed E-state index contributed by atoms with van der Waals surface area (Å²) in [4.78, 5) is 41.5. The molecule has 0 aromatic carbocycles. The van der Waals surface area contributed by atoms with Crippen LogP contribution in [0.4, 0.5) is 0 Å². The summed E-state index contributed by atoms with van der Waals surface area (Å²) in [6.07, 6.45) is 1.77. The van der Waals surface area contributed by atoms with Gasteiger partial charge in [0.2, 0.25) is 5.78 Å². The van der Waals surface area contributed by atoms with Crippen LogP contribution in [0.5, 0.6) is 0 Å². The van der Waals surface area contributed by atoms with Crippen molar-refractivity contribution in [2.75, 3.05) is 7.11 Å². The lowest BCUT2D eigenvalue weighted by Crippen LogP contribution is -2.43. The Hall–Kier alpha value is -2.84. The SMILES string of the molecule is COC(=O)[C@H](C)n1c(=O)c2c(nc3n(C)c(C)cn23)n(C)c1=O. The van der Waals surface area contributed by atoms with Crippen molar-refractivity contribution in [1.82, 2.24) is 23.1 Å². The van der Waals surface area contributed by atoms with Gasteiger partial charge in [-0.25, -0.2) is 14.2 Å². The highest BCUT2D eigenvalue weighted by atomic mass is 16.5. The Balaban J connectivity index is 2.51. The standard InChI is InChI=1S/C14H17N5O4/c1-7-6-18-9-10(15-13(18)16(7)3)17(4)14(22)19(11(9)20)8(2)12(21)23-5/h6,8H,1-5H3/t8-/m0/s1. The van der Waals surface area contributed by atoms with Crippen LogP contribution in [0.3, 0.4) is 0 Å². The second-order valence-electron chi connectivity index (χ2n) is 5.50. The molecule has 0 saturated carbocycles. The van der Waals surface area contributed by atoms with Crippen LogP contribution in [0.2, 0.25) is 0 Å². The number of carbonyl (C=O) groups excluding carboxylic acids is 1. The lowest BCUT2D eigenvalue weighted by molar-refractivity contribution is -0.144. The molecule has 3 aromatic rings. The Labute approximate surface area is 130 Å². The molecule has 0 amide bonds. The maximum absolute atomic E-state index is 12.8. The van der Waals surface area contributed by atoms with Crippen molar-refractivity contribution in [2.24, 2.45) is 14.1 Å². The van der Waals surface area contributed by atoms with E-state index in [0.717, 1.165) is 10.3 Å². The Bertz CT molecular complexity index is 1070. The average molecular weight is 319 g/mol. The van der Waals surface area contributed by atoms with E-state index in [9.17, 15) is 14.4 Å². The Morgan fingerprint density at radius 2 is 1.91 bits per heavy atom. The first kappa shape index (κ1) is 15.1. The smallest absolute Gasteiger partial charge is 0.333 e. The quantitative estimate of drug-likeness (QED) is 0.606. The first-order valence-electron chi connectivity index (χ1n) is 7.03. The van der Waals surface area contributed by atoms with Gasteiger partial charge < -0.3 is 9.30 Å². The van der Waals surface area contributed by atoms with E-state index in [1.165, 1.54) is 25.6 Å². The average Bonchev–Trinajstić information content (AvgIpc) is 3.02. The predicted octanol–water partition coefficient (Wildman–Crippen LogP) is -0.271. The van der Waals surface area contributed by atoms with Crippen molar-refractivity contribution in [3.05, 3.63) is 32.7 Å². The van der Waals surface area contributed by atoms with E-state index in [2.05, 4.69) is 9.72 Å². The zero-order valence-electron chi connectivity index (χ0n) is 13.5. The summed E-state index contributed by atoms with van der Waals surface area (Å²) >= 11 is 0. The molecule has 0 radical (unpaired) electrons. The maximum atomic E-state index is 12.8. The van der Waals surface area contributed by atoms with E-state index in [1.807, 2.05) is 18.5 Å². The van der Waals surface area contributed by atoms with Gasteiger partial charge in [0.05, 0.1) is 7.11 Å². The third-order valence-corrected chi connectivity index (χ3v) is 4.18. The maximum Gasteiger partial charge on any atom is 0.333 e. The van der Waals surface area contributed by atoms with Crippen LogP contribution in [-0.4, -0.2) is 36.2 Å². The second kappa shape index (κ2) is 4.83. The molecule has 0 bridgehead atoms. The molecule has 3 aromatic heterocycles. The van der Waals surface area contributed by atoms with Crippen molar-refractivity contribution in [2.45, 2.75) is 19.9 Å². The molecule has 0 saturated heterocycles. The molecule has 0 spiro atoms. The van der Waals surface area contributed by atoms with Gasteiger partial charge in [-0.05, 0) is 13.8 Å². The number of esters is 1. The number of fused-ring (bicyclic) bond motifs is 3. The molecule has 3 rings (SSSR count). The highest BCUT2D eigenvalue weighted by Crippen LogP contribution is 2.15. The summed E-state index contributed by atoms with van der Waals surface area (Å²) in [6.45, 7) is 3.34. The van der Waals surface area contributed by atoms with Gasteiger partial charge >= 0.3 is 11.7 Å². The molecule has 1 atom stereocenters. The van der Waals surface area contributed by atoms with Crippen LogP contribution in [0.1, 0.15) is 18.7 Å². The Morgan fingerprint density at radius 3 is 2.52 bits per heavy atom. The van der Waals surface area contributed by atoms with E-state index in [-0.39, 0.29) is 11.2 Å². The summed E-state index contributed by atoms with van der Waals surface area (Å²) < 4.78 is 10.3. The first-order chi connectivity index (χ1) is 10.8. The molecular weight excluding hydrogens is 302 g/mol. The number of hydrogen-bond acceptors (Lipinski definition) is 5. The molecule has 0 unspecified atom stereocenters. The third-order valence-electron chi connectivity index (χ3n) is 4.18. The van der Waals surface area contributed by atoms with Crippen molar-refractivity contribution < 1.29 is 9.53 Å². The lowest BCUT2D eigenvalue weighted by atomic mass is 10.3. The van der Waals surface area contributed by atoms with Crippen LogP contribution in [0.25, 0.3) is 16.9 Å². The minimum absolute atomic E-state index is 0.251. The molecule has 0 N–H and O–H groups in total. The van der Waals surface area contributed by atoms with Crippen LogP contribution >= 0.6 is 0 Å². The predicted molar refractivity (Wildman–Crippen MR) is 82.6 cm³/mol. The van der Waals surface area contributed by atoms with Crippen molar-refractivity contribution >= 4 is 22.9 Å². The fourth-order valence-electron chi connectivity index (χ4n) is 2.70. The highest BCUT2D eigenvalue weighted by molar-refractivity contribution is 5.77. The monoisotopic (exact) mass is 319 g/mol. The van der Waals surface area contributed by atoms with E-state index < -0.39 is 23.3 Å². The van der Waals surface area contributed by atoms with Crippen LogP contribution in [0.15, 0.2) is 15.8 Å². The summed E-state index contributed by atoms with van der Waals surface area (Å²) in [5.74, 6) is -0.110. The van der Waals surface area contributed by atoms with Gasteiger partial charge in [-0.15, -0.1) is 0 Å². The zero-order valence-corrected chi connectivity index (χ0v) is 13.5. The fourth-order valence-corrected chi connectivity index (χ4v) is 2.70. The minimum atomic E-state index is -1.02. The molecule has 0 aliphatic rings. The molecule has 0 aliphatic heterocycles. The van der Waals surface area contributed by atoms with E-state index in [0.29, 0.717) is 5.78 Å².